The van der Waals surface area contributed by atoms with Crippen LogP contribution in [0.3, 0.4) is 0 Å². The van der Waals surface area contributed by atoms with E-state index in [1.165, 1.54) is 5.39 Å². The van der Waals surface area contributed by atoms with Crippen molar-refractivity contribution >= 4 is 22.6 Å². The van der Waals surface area contributed by atoms with Gasteiger partial charge in [0.25, 0.3) is 0 Å². The average Bonchev–Trinajstić information content (AvgIpc) is 2.80. The maximum atomic E-state index is 11.9. The van der Waals surface area contributed by atoms with Gasteiger partial charge >= 0.3 is 6.03 Å². The minimum Gasteiger partial charge on any atom is -0.348 e. The van der Waals surface area contributed by atoms with E-state index in [0.717, 1.165) is 17.7 Å². The number of benzene rings is 1. The van der Waals surface area contributed by atoms with Crippen LogP contribution in [0.2, 0.25) is 0 Å². The number of hydrogen-bond acceptors (Lipinski definition) is 1. The van der Waals surface area contributed by atoms with Crippen molar-refractivity contribution in [3.8, 4) is 0 Å². The Bertz CT molecular complexity index is 601. The summed E-state index contributed by atoms with van der Waals surface area (Å²) < 4.78 is 2.16. The molecule has 2 aromatic rings. The van der Waals surface area contributed by atoms with Crippen molar-refractivity contribution in [2.75, 3.05) is 5.32 Å². The number of fused-ring (bicyclic) bond motifs is 1. The lowest BCUT2D eigenvalue weighted by molar-refractivity contribution is 0.246. The van der Waals surface area contributed by atoms with Gasteiger partial charge < -0.3 is 15.2 Å². The fourth-order valence-electron chi connectivity index (χ4n) is 2.08. The van der Waals surface area contributed by atoms with E-state index in [2.05, 4.69) is 48.2 Å². The number of rotatable bonds is 4. The van der Waals surface area contributed by atoms with Gasteiger partial charge in [-0.15, -0.1) is 0 Å². The number of amides is 2. The Balaban J connectivity index is 2.11. The van der Waals surface area contributed by atoms with Gasteiger partial charge in [0.1, 0.15) is 0 Å². The van der Waals surface area contributed by atoms with E-state index >= 15 is 0 Å². The van der Waals surface area contributed by atoms with Crippen molar-refractivity contribution in [2.24, 2.45) is 5.92 Å². The molecule has 4 heteroatoms. The first-order valence-electron chi connectivity index (χ1n) is 7.17. The molecule has 0 aliphatic rings. The summed E-state index contributed by atoms with van der Waals surface area (Å²) in [5, 5.41) is 7.03. The first kappa shape index (κ1) is 14.4. The fourth-order valence-corrected chi connectivity index (χ4v) is 2.08. The molecule has 1 aromatic carbocycles. The van der Waals surface area contributed by atoms with Gasteiger partial charge in [-0.05, 0) is 43.4 Å². The minimum absolute atomic E-state index is 0.151. The molecule has 2 N–H and O–H groups in total. The smallest absolute Gasteiger partial charge is 0.319 e. The number of hydrogen-bond donors (Lipinski definition) is 2. The molecule has 0 saturated carbocycles. The fraction of sp³-hybridized carbons (Fsp3) is 0.438. The van der Waals surface area contributed by atoms with Crippen LogP contribution in [0.25, 0.3) is 10.9 Å². The number of aryl methyl sites for hydroxylation is 1. The molecule has 0 spiro atoms. The molecule has 1 heterocycles. The molecule has 0 fully saturated rings. The van der Waals surface area contributed by atoms with E-state index in [9.17, 15) is 4.79 Å². The number of carbonyl (C=O) groups excluding carboxylic acids is 1. The zero-order valence-corrected chi connectivity index (χ0v) is 12.6. The van der Waals surface area contributed by atoms with Crippen LogP contribution in [0.15, 0.2) is 30.5 Å². The number of anilines is 1. The second-order valence-electron chi connectivity index (χ2n) is 5.51. The summed E-state index contributed by atoms with van der Waals surface area (Å²) in [5.74, 6) is 0.417. The summed E-state index contributed by atoms with van der Waals surface area (Å²) in [6.45, 7) is 9.21. The highest BCUT2D eigenvalue weighted by Gasteiger charge is 2.11. The third-order valence-electron chi connectivity index (χ3n) is 3.73. The largest absolute Gasteiger partial charge is 0.348 e. The normalized spacial score (nSPS) is 12.7. The predicted molar refractivity (Wildman–Crippen MR) is 84.1 cm³/mol. The van der Waals surface area contributed by atoms with Gasteiger partial charge in [-0.25, -0.2) is 4.79 Å². The van der Waals surface area contributed by atoms with Gasteiger partial charge in [0, 0.05) is 24.5 Å². The molecule has 1 aromatic heterocycles. The average molecular weight is 273 g/mol. The van der Waals surface area contributed by atoms with Crippen LogP contribution < -0.4 is 10.6 Å². The van der Waals surface area contributed by atoms with Gasteiger partial charge in [0.2, 0.25) is 0 Å². The number of urea groups is 1. The zero-order valence-electron chi connectivity index (χ0n) is 12.6. The maximum absolute atomic E-state index is 11.9. The van der Waals surface area contributed by atoms with E-state index in [1.54, 1.807) is 0 Å². The highest BCUT2D eigenvalue weighted by atomic mass is 16.2. The molecule has 4 nitrogen and oxygen atoms in total. The Kier molecular flexibility index (Phi) is 4.32. The number of nitrogens with zero attached hydrogens (tertiary/aromatic N) is 1. The van der Waals surface area contributed by atoms with Gasteiger partial charge in [-0.2, -0.15) is 0 Å². The molecular formula is C16H23N3O. The van der Waals surface area contributed by atoms with Crippen LogP contribution >= 0.6 is 0 Å². The molecule has 0 bridgehead atoms. The van der Waals surface area contributed by atoms with E-state index in [0.29, 0.717) is 5.92 Å². The number of aromatic nitrogens is 1. The Morgan fingerprint density at radius 2 is 2.00 bits per heavy atom. The molecule has 108 valence electrons. The molecule has 1 unspecified atom stereocenters. The summed E-state index contributed by atoms with van der Waals surface area (Å²) in [6.07, 6.45) is 2.06. The van der Waals surface area contributed by atoms with Gasteiger partial charge in [-0.3, -0.25) is 0 Å². The summed E-state index contributed by atoms with van der Waals surface area (Å²) in [6, 6.07) is 8.06. The predicted octanol–water partition coefficient (Wildman–Crippen LogP) is 3.83. The number of nitrogens with one attached hydrogen (secondary N) is 2. The minimum atomic E-state index is -0.153. The second kappa shape index (κ2) is 5.99. The van der Waals surface area contributed by atoms with Crippen LogP contribution in [0.1, 0.15) is 27.7 Å². The first-order valence-corrected chi connectivity index (χ1v) is 7.17. The van der Waals surface area contributed by atoms with Gasteiger partial charge in [0.15, 0.2) is 0 Å². The molecule has 0 aliphatic heterocycles. The Morgan fingerprint density at radius 1 is 1.25 bits per heavy atom. The monoisotopic (exact) mass is 273 g/mol. The first-order chi connectivity index (χ1) is 9.51. The Hall–Kier alpha value is -1.97. The second-order valence-corrected chi connectivity index (χ2v) is 5.51. The maximum Gasteiger partial charge on any atom is 0.319 e. The van der Waals surface area contributed by atoms with E-state index < -0.39 is 0 Å². The zero-order chi connectivity index (χ0) is 14.7. The summed E-state index contributed by atoms with van der Waals surface area (Å²) in [4.78, 5) is 11.9. The van der Waals surface area contributed by atoms with Gasteiger partial charge in [0.05, 0.1) is 5.52 Å². The third kappa shape index (κ3) is 3.13. The quantitative estimate of drug-likeness (QED) is 0.873. The van der Waals surface area contributed by atoms with E-state index in [1.807, 2.05) is 25.1 Å². The van der Waals surface area contributed by atoms with Crippen molar-refractivity contribution < 1.29 is 4.79 Å². The lowest BCUT2D eigenvalue weighted by Crippen LogP contribution is -2.38. The topological polar surface area (TPSA) is 46.1 Å². The molecule has 2 rings (SSSR count). The van der Waals surface area contributed by atoms with Crippen LogP contribution in [0.5, 0.6) is 0 Å². The van der Waals surface area contributed by atoms with Crippen molar-refractivity contribution in [1.82, 2.24) is 9.88 Å². The number of carbonyl (C=O) groups is 1. The van der Waals surface area contributed by atoms with Crippen molar-refractivity contribution in [3.05, 3.63) is 30.5 Å². The van der Waals surface area contributed by atoms with Crippen molar-refractivity contribution in [3.63, 3.8) is 0 Å². The Morgan fingerprint density at radius 3 is 2.65 bits per heavy atom. The molecule has 0 aliphatic carbocycles. The van der Waals surface area contributed by atoms with E-state index in [4.69, 9.17) is 0 Å². The highest BCUT2D eigenvalue weighted by Crippen LogP contribution is 2.20. The standard InChI is InChI=1S/C16H23N3O/c1-5-19-9-8-13-6-7-14(10-15(13)19)18-16(20)17-12(4)11(2)3/h6-12H,5H2,1-4H3,(H2,17,18,20). The molecular weight excluding hydrogens is 250 g/mol. The lowest BCUT2D eigenvalue weighted by Gasteiger charge is -2.18. The highest BCUT2D eigenvalue weighted by molar-refractivity contribution is 5.92. The molecule has 0 radical (unpaired) electrons. The summed E-state index contributed by atoms with van der Waals surface area (Å²) in [5.41, 5.74) is 1.96. The molecule has 1 atom stereocenters. The molecule has 20 heavy (non-hydrogen) atoms. The van der Waals surface area contributed by atoms with E-state index in [-0.39, 0.29) is 12.1 Å². The van der Waals surface area contributed by atoms with Crippen molar-refractivity contribution in [2.45, 2.75) is 40.3 Å². The Labute approximate surface area is 120 Å². The van der Waals surface area contributed by atoms with Crippen LogP contribution in [0, 0.1) is 5.92 Å². The van der Waals surface area contributed by atoms with Crippen molar-refractivity contribution in [1.29, 1.82) is 0 Å². The summed E-state index contributed by atoms with van der Waals surface area (Å²) in [7, 11) is 0. The van der Waals surface area contributed by atoms with Crippen LogP contribution in [-0.2, 0) is 6.54 Å². The van der Waals surface area contributed by atoms with Gasteiger partial charge in [-0.1, -0.05) is 19.9 Å². The molecule has 2 amide bonds. The van der Waals surface area contributed by atoms with Crippen LogP contribution in [-0.4, -0.2) is 16.6 Å². The van der Waals surface area contributed by atoms with Crippen LogP contribution in [0.4, 0.5) is 10.5 Å². The molecule has 0 saturated heterocycles. The SMILES string of the molecule is CCn1ccc2ccc(NC(=O)NC(C)C(C)C)cc21. The third-order valence-corrected chi connectivity index (χ3v) is 3.73. The lowest BCUT2D eigenvalue weighted by atomic mass is 10.1. The summed E-state index contributed by atoms with van der Waals surface area (Å²) >= 11 is 0.